The number of halogens is 3. The number of rotatable bonds is 2. The summed E-state index contributed by atoms with van der Waals surface area (Å²) in [6.07, 6.45) is 9.43. The van der Waals surface area contributed by atoms with Gasteiger partial charge in [0, 0.05) is 23.4 Å². The van der Waals surface area contributed by atoms with E-state index in [-0.39, 0.29) is 11.2 Å². The summed E-state index contributed by atoms with van der Waals surface area (Å²) in [6, 6.07) is 3.65. The Balaban J connectivity index is 0.000000176. The first-order valence-corrected chi connectivity index (χ1v) is 13.2. The highest BCUT2D eigenvalue weighted by Gasteiger charge is 2.51. The largest absolute Gasteiger partial charge is 0.496 e. The predicted molar refractivity (Wildman–Crippen MR) is 161 cm³/mol. The molecule has 210 valence electrons. The molecule has 0 aliphatic carbocycles. The minimum Gasteiger partial charge on any atom is -0.399 e. The highest BCUT2D eigenvalue weighted by atomic mass is 35.5. The van der Waals surface area contributed by atoms with Gasteiger partial charge in [0.05, 0.1) is 63.1 Å². The maximum Gasteiger partial charge on any atom is 0.496 e. The number of aromatic nitrogens is 6. The fourth-order valence-corrected chi connectivity index (χ4v) is 3.65. The Morgan fingerprint density at radius 1 is 0.700 bits per heavy atom. The highest BCUT2D eigenvalue weighted by Crippen LogP contribution is 2.36. The molecule has 0 atom stereocenters. The molecule has 0 spiro atoms. The second-order valence-electron chi connectivity index (χ2n) is 9.81. The van der Waals surface area contributed by atoms with Crippen LogP contribution in [-0.2, 0) is 9.31 Å². The van der Waals surface area contributed by atoms with Gasteiger partial charge in [-0.2, -0.15) is 0 Å². The van der Waals surface area contributed by atoms with E-state index in [1.807, 2.05) is 47.6 Å². The predicted octanol–water partition coefficient (Wildman–Crippen LogP) is 5.14. The average molecular weight is 604 g/mol. The Bertz CT molecular complexity index is 1440. The van der Waals surface area contributed by atoms with Crippen LogP contribution in [0.3, 0.4) is 0 Å². The van der Waals surface area contributed by atoms with Crippen LogP contribution in [-0.4, -0.2) is 48.2 Å². The maximum atomic E-state index is 6.06. The number of hydrogen-bond donors (Lipinski definition) is 2. The molecule has 1 fully saturated rings. The quantitative estimate of drug-likeness (QED) is 0.295. The zero-order valence-corrected chi connectivity index (χ0v) is 25.3. The number of aryl methyl sites for hydroxylation is 2. The van der Waals surface area contributed by atoms with Crippen LogP contribution in [0.25, 0.3) is 11.3 Å². The molecule has 0 amide bonds. The molecule has 1 aliphatic heterocycles. The number of pyridine rings is 2. The standard InChI is InChI=1S/C12H17BClNO2.C10H9ClN4.C4H4ClN3/c1-8-10(14)6-9(7-15-8)13-16-11(2,3)12(4,5)17-13;1-6-8(11)2-7(3-14-6)9-4-13-5-10(12)15-9;5-3-1-7-2-4(6)8-3/h6-7H,1-5H3;2-5H,1H3,(H2,12,15);1-2H,(H2,6,8). The summed E-state index contributed by atoms with van der Waals surface area (Å²) in [4.78, 5) is 23.8. The fourth-order valence-electron chi connectivity index (χ4n) is 3.15. The molecule has 1 saturated heterocycles. The normalized spacial score (nSPS) is 15.0. The summed E-state index contributed by atoms with van der Waals surface area (Å²) in [7, 11) is -0.398. The molecule has 0 radical (unpaired) electrons. The summed E-state index contributed by atoms with van der Waals surface area (Å²) in [5.41, 5.74) is 14.0. The molecule has 0 unspecified atom stereocenters. The van der Waals surface area contributed by atoms with Crippen molar-refractivity contribution in [2.45, 2.75) is 52.7 Å². The Labute approximate surface area is 249 Å². The molecule has 14 heteroatoms. The molecular weight excluding hydrogens is 574 g/mol. The molecule has 5 rings (SSSR count). The molecule has 0 bridgehead atoms. The van der Waals surface area contributed by atoms with Gasteiger partial charge < -0.3 is 20.8 Å². The Morgan fingerprint density at radius 2 is 1.23 bits per heavy atom. The number of nitrogens with zero attached hydrogens (tertiary/aromatic N) is 6. The monoisotopic (exact) mass is 602 g/mol. The lowest BCUT2D eigenvalue weighted by atomic mass is 9.80. The van der Waals surface area contributed by atoms with Gasteiger partial charge in [-0.3, -0.25) is 19.9 Å². The second kappa shape index (κ2) is 13.1. The summed E-state index contributed by atoms with van der Waals surface area (Å²) in [5, 5.41) is 1.57. The van der Waals surface area contributed by atoms with Crippen molar-refractivity contribution in [2.75, 3.05) is 11.5 Å². The van der Waals surface area contributed by atoms with Crippen LogP contribution in [0.15, 0.2) is 49.3 Å². The van der Waals surface area contributed by atoms with Crippen molar-refractivity contribution in [2.24, 2.45) is 0 Å². The van der Waals surface area contributed by atoms with Gasteiger partial charge >= 0.3 is 7.12 Å². The van der Waals surface area contributed by atoms with Crippen molar-refractivity contribution in [3.8, 4) is 11.3 Å². The fraction of sp³-hybridized carbons (Fsp3) is 0.308. The van der Waals surface area contributed by atoms with E-state index in [0.717, 1.165) is 22.4 Å². The van der Waals surface area contributed by atoms with Gasteiger partial charge in [0.1, 0.15) is 16.8 Å². The summed E-state index contributed by atoms with van der Waals surface area (Å²) < 4.78 is 11.8. The van der Waals surface area contributed by atoms with Crippen LogP contribution < -0.4 is 16.9 Å². The third kappa shape index (κ3) is 8.22. The molecule has 4 aromatic rings. The van der Waals surface area contributed by atoms with Crippen LogP contribution in [0.5, 0.6) is 0 Å². The Morgan fingerprint density at radius 3 is 1.70 bits per heavy atom. The summed E-state index contributed by atoms with van der Waals surface area (Å²) in [6.45, 7) is 11.8. The number of nitrogens with two attached hydrogens (primary N) is 2. The second-order valence-corrected chi connectivity index (χ2v) is 11.0. The first-order valence-electron chi connectivity index (χ1n) is 12.1. The van der Waals surface area contributed by atoms with E-state index >= 15 is 0 Å². The highest BCUT2D eigenvalue weighted by molar-refractivity contribution is 6.62. The molecule has 4 aromatic heterocycles. The molecule has 10 nitrogen and oxygen atoms in total. The molecule has 1 aliphatic rings. The van der Waals surface area contributed by atoms with E-state index in [1.54, 1.807) is 24.7 Å². The average Bonchev–Trinajstić information content (AvgIpc) is 3.10. The molecule has 0 saturated carbocycles. The van der Waals surface area contributed by atoms with Gasteiger partial charge in [0.25, 0.3) is 0 Å². The Kier molecular flexibility index (Phi) is 10.3. The first-order chi connectivity index (χ1) is 18.7. The van der Waals surface area contributed by atoms with E-state index in [4.69, 9.17) is 55.6 Å². The van der Waals surface area contributed by atoms with Crippen LogP contribution in [0.4, 0.5) is 11.6 Å². The number of anilines is 2. The molecule has 40 heavy (non-hydrogen) atoms. The van der Waals surface area contributed by atoms with Gasteiger partial charge in [-0.25, -0.2) is 9.97 Å². The van der Waals surface area contributed by atoms with Crippen molar-refractivity contribution in [3.63, 3.8) is 0 Å². The van der Waals surface area contributed by atoms with E-state index in [1.165, 1.54) is 18.6 Å². The third-order valence-corrected chi connectivity index (χ3v) is 7.12. The van der Waals surface area contributed by atoms with Gasteiger partial charge in [0.2, 0.25) is 0 Å². The number of hydrogen-bond acceptors (Lipinski definition) is 10. The smallest absolute Gasteiger partial charge is 0.399 e. The van der Waals surface area contributed by atoms with Crippen LogP contribution in [0.2, 0.25) is 15.2 Å². The van der Waals surface area contributed by atoms with Gasteiger partial charge in [-0.05, 0) is 53.7 Å². The van der Waals surface area contributed by atoms with Crippen molar-refractivity contribution in [3.05, 3.63) is 75.9 Å². The van der Waals surface area contributed by atoms with Crippen LogP contribution >= 0.6 is 34.8 Å². The zero-order chi connectivity index (χ0) is 29.7. The van der Waals surface area contributed by atoms with E-state index in [0.29, 0.717) is 32.5 Å². The minimum atomic E-state index is -0.398. The topological polar surface area (TPSA) is 148 Å². The SMILES string of the molecule is Cc1ncc(-c2cncc(N)n2)cc1Cl.Cc1ncc(B2OC(C)(C)C(C)(C)O2)cc1Cl.Nc1cncc(Cl)n1. The lowest BCUT2D eigenvalue weighted by molar-refractivity contribution is 0.00578. The third-order valence-electron chi connectivity index (χ3n) is 6.17. The molecule has 4 N–H and O–H groups in total. The number of nitrogen functional groups attached to an aromatic ring is 2. The van der Waals surface area contributed by atoms with Gasteiger partial charge in [-0.15, -0.1) is 0 Å². The van der Waals surface area contributed by atoms with Crippen molar-refractivity contribution >= 4 is 59.0 Å². The van der Waals surface area contributed by atoms with E-state index in [9.17, 15) is 0 Å². The van der Waals surface area contributed by atoms with Crippen molar-refractivity contribution < 1.29 is 9.31 Å². The maximum absolute atomic E-state index is 6.06. The van der Waals surface area contributed by atoms with Gasteiger partial charge in [0.15, 0.2) is 0 Å². The molecular formula is C26H30BCl3N8O2. The van der Waals surface area contributed by atoms with Crippen molar-refractivity contribution in [1.29, 1.82) is 0 Å². The zero-order valence-electron chi connectivity index (χ0n) is 23.0. The lowest BCUT2D eigenvalue weighted by Gasteiger charge is -2.32. The van der Waals surface area contributed by atoms with E-state index in [2.05, 4.69) is 29.9 Å². The molecule has 5 heterocycles. The van der Waals surface area contributed by atoms with E-state index < -0.39 is 7.12 Å². The molecule has 0 aromatic carbocycles. The summed E-state index contributed by atoms with van der Waals surface area (Å²) >= 11 is 17.4. The lowest BCUT2D eigenvalue weighted by Crippen LogP contribution is -2.41. The first kappa shape index (κ1) is 31.4. The minimum absolute atomic E-state index is 0.324. The van der Waals surface area contributed by atoms with Crippen molar-refractivity contribution in [1.82, 2.24) is 29.9 Å². The van der Waals surface area contributed by atoms with Gasteiger partial charge in [-0.1, -0.05) is 34.8 Å². The summed E-state index contributed by atoms with van der Waals surface area (Å²) in [5.74, 6) is 0.724. The Hall–Kier alpha value is -3.09. The van der Waals surface area contributed by atoms with Crippen LogP contribution in [0, 0.1) is 13.8 Å². The van der Waals surface area contributed by atoms with Crippen LogP contribution in [0.1, 0.15) is 39.1 Å².